The number of benzene rings is 1. The minimum absolute atomic E-state index is 0.0130. The van der Waals surface area contributed by atoms with Gasteiger partial charge in [-0.1, -0.05) is 26.7 Å². The van der Waals surface area contributed by atoms with Crippen LogP contribution in [0.2, 0.25) is 0 Å². The summed E-state index contributed by atoms with van der Waals surface area (Å²) in [6.45, 7) is 12.0. The monoisotopic (exact) mass is 542 g/mol. The van der Waals surface area contributed by atoms with E-state index in [1.807, 2.05) is 13.8 Å². The first kappa shape index (κ1) is 33.9. The minimum Gasteiger partial charge on any atom is -0.478 e. The predicted molar refractivity (Wildman–Crippen MR) is 142 cm³/mol. The van der Waals surface area contributed by atoms with Gasteiger partial charge in [0.05, 0.1) is 24.3 Å². The van der Waals surface area contributed by atoms with Gasteiger partial charge in [-0.2, -0.15) is 0 Å². The van der Waals surface area contributed by atoms with Crippen molar-refractivity contribution in [2.45, 2.75) is 78.8 Å². The van der Waals surface area contributed by atoms with Gasteiger partial charge in [-0.05, 0) is 52.7 Å². The van der Waals surface area contributed by atoms with Gasteiger partial charge in [-0.15, -0.1) is 0 Å². The smallest absolute Gasteiger partial charge is 0.336 e. The molecule has 10 nitrogen and oxygen atoms in total. The van der Waals surface area contributed by atoms with E-state index in [9.17, 15) is 19.8 Å². The molecule has 0 heterocycles. The number of ether oxygens (including phenoxy) is 6. The largest absolute Gasteiger partial charge is 0.478 e. The number of carboxylic acids is 2. The van der Waals surface area contributed by atoms with Crippen LogP contribution in [0.1, 0.15) is 99.1 Å². The SMILES string of the molecule is CCCCOC(COCC)(OCC)c1c(C(=O)O)ccc(C(=O)O)c1C(COCC)(OCC)OCCCC. The third-order valence-corrected chi connectivity index (χ3v) is 5.84. The Kier molecular flexibility index (Phi) is 15.6. The number of aromatic carboxylic acids is 2. The van der Waals surface area contributed by atoms with E-state index in [2.05, 4.69) is 0 Å². The summed E-state index contributed by atoms with van der Waals surface area (Å²) in [6, 6.07) is 2.49. The number of hydrogen-bond donors (Lipinski definition) is 2. The first-order valence-corrected chi connectivity index (χ1v) is 13.6. The van der Waals surface area contributed by atoms with Gasteiger partial charge in [0, 0.05) is 37.6 Å². The molecule has 10 heteroatoms. The van der Waals surface area contributed by atoms with Crippen LogP contribution in [-0.2, 0) is 40.0 Å². The van der Waals surface area contributed by atoms with Gasteiger partial charge in [0.25, 0.3) is 0 Å². The quantitative estimate of drug-likeness (QED) is 0.149. The number of hydrogen-bond acceptors (Lipinski definition) is 8. The summed E-state index contributed by atoms with van der Waals surface area (Å²) >= 11 is 0. The number of carbonyl (C=O) groups is 2. The van der Waals surface area contributed by atoms with Gasteiger partial charge in [0.15, 0.2) is 0 Å². The van der Waals surface area contributed by atoms with Crippen molar-refractivity contribution in [2.24, 2.45) is 0 Å². The maximum Gasteiger partial charge on any atom is 0.336 e. The molecule has 218 valence electrons. The van der Waals surface area contributed by atoms with Crippen LogP contribution >= 0.6 is 0 Å². The third-order valence-electron chi connectivity index (χ3n) is 5.84. The Morgan fingerprint density at radius 3 is 1.26 bits per heavy atom. The van der Waals surface area contributed by atoms with Crippen LogP contribution < -0.4 is 0 Å². The van der Waals surface area contributed by atoms with Crippen LogP contribution in [0.5, 0.6) is 0 Å². The van der Waals surface area contributed by atoms with Crippen LogP contribution in [-0.4, -0.2) is 75.0 Å². The molecule has 0 aromatic heterocycles. The highest BCUT2D eigenvalue weighted by Crippen LogP contribution is 2.43. The maximum atomic E-state index is 12.7. The fraction of sp³-hybridized carbons (Fsp3) is 0.714. The molecule has 0 saturated carbocycles. The zero-order chi connectivity index (χ0) is 28.6. The van der Waals surface area contributed by atoms with Gasteiger partial charge < -0.3 is 38.6 Å². The molecule has 0 aliphatic heterocycles. The lowest BCUT2D eigenvalue weighted by Crippen LogP contribution is -2.47. The molecule has 0 spiro atoms. The van der Waals surface area contributed by atoms with Crippen molar-refractivity contribution in [1.29, 1.82) is 0 Å². The van der Waals surface area contributed by atoms with E-state index >= 15 is 0 Å². The summed E-state index contributed by atoms with van der Waals surface area (Å²) in [5.74, 6) is -6.07. The van der Waals surface area contributed by atoms with E-state index in [4.69, 9.17) is 28.4 Å². The minimum atomic E-state index is -1.75. The van der Waals surface area contributed by atoms with Crippen molar-refractivity contribution in [3.63, 3.8) is 0 Å². The van der Waals surface area contributed by atoms with Crippen molar-refractivity contribution in [2.75, 3.05) is 52.9 Å². The Bertz CT molecular complexity index is 789. The zero-order valence-electron chi connectivity index (χ0n) is 23.8. The fourth-order valence-electron chi connectivity index (χ4n) is 4.14. The average Bonchev–Trinajstić information content (AvgIpc) is 2.89. The molecule has 1 rings (SSSR count). The molecule has 0 aliphatic rings. The second-order valence-corrected chi connectivity index (χ2v) is 8.57. The highest BCUT2D eigenvalue weighted by atomic mass is 16.7. The average molecular weight is 543 g/mol. The molecule has 0 saturated heterocycles. The lowest BCUT2D eigenvalue weighted by Gasteiger charge is -2.41. The van der Waals surface area contributed by atoms with Gasteiger partial charge in [-0.25, -0.2) is 9.59 Å². The molecule has 2 atom stereocenters. The molecule has 0 amide bonds. The summed E-state index contributed by atoms with van der Waals surface area (Å²) < 4.78 is 36.5. The number of unbranched alkanes of at least 4 members (excludes halogenated alkanes) is 2. The standard InChI is InChI=1S/C28H46O10/c1-7-13-17-37-27(35-11-5,19-33-9-3)23-21(25(29)30)15-16-22(26(31)32)24(23)28(36-12-6,20-34-10-4)38-18-14-8-2/h15-16H,7-14,17-20H2,1-6H3,(H,29,30)(H,31,32). The lowest BCUT2D eigenvalue weighted by atomic mass is 9.85. The highest BCUT2D eigenvalue weighted by Gasteiger charge is 2.49. The molecule has 0 bridgehead atoms. The molecular weight excluding hydrogens is 496 g/mol. The lowest BCUT2D eigenvalue weighted by molar-refractivity contribution is -0.286. The Balaban J connectivity index is 4.29. The topological polar surface area (TPSA) is 130 Å². The van der Waals surface area contributed by atoms with E-state index in [-0.39, 0.29) is 61.9 Å². The van der Waals surface area contributed by atoms with Crippen molar-refractivity contribution in [3.8, 4) is 0 Å². The van der Waals surface area contributed by atoms with Gasteiger partial charge in [0.1, 0.15) is 13.2 Å². The molecule has 2 unspecified atom stereocenters. The van der Waals surface area contributed by atoms with Gasteiger partial charge in [0.2, 0.25) is 11.6 Å². The Labute approximate surface area is 226 Å². The van der Waals surface area contributed by atoms with E-state index in [1.54, 1.807) is 27.7 Å². The Hall–Kier alpha value is -2.08. The Morgan fingerprint density at radius 2 is 1.00 bits per heavy atom. The molecule has 1 aromatic carbocycles. The van der Waals surface area contributed by atoms with Crippen molar-refractivity contribution < 1.29 is 48.2 Å². The molecule has 0 fully saturated rings. The summed E-state index contributed by atoms with van der Waals surface area (Å²) in [5.41, 5.74) is -0.425. The van der Waals surface area contributed by atoms with Crippen molar-refractivity contribution >= 4 is 11.9 Å². The summed E-state index contributed by atoms with van der Waals surface area (Å²) in [4.78, 5) is 25.3. The zero-order valence-corrected chi connectivity index (χ0v) is 23.8. The van der Waals surface area contributed by atoms with Crippen LogP contribution in [0.25, 0.3) is 0 Å². The van der Waals surface area contributed by atoms with Gasteiger partial charge in [-0.3, -0.25) is 0 Å². The van der Waals surface area contributed by atoms with Crippen LogP contribution in [0, 0.1) is 0 Å². The molecule has 2 N–H and O–H groups in total. The molecule has 0 radical (unpaired) electrons. The summed E-state index contributed by atoms with van der Waals surface area (Å²) in [7, 11) is 0. The van der Waals surface area contributed by atoms with E-state index in [1.165, 1.54) is 12.1 Å². The van der Waals surface area contributed by atoms with E-state index < -0.39 is 23.5 Å². The fourth-order valence-corrected chi connectivity index (χ4v) is 4.14. The second kappa shape index (κ2) is 17.5. The molecule has 38 heavy (non-hydrogen) atoms. The van der Waals surface area contributed by atoms with Crippen LogP contribution in [0.3, 0.4) is 0 Å². The normalized spacial score (nSPS) is 14.7. The maximum absolute atomic E-state index is 12.7. The summed E-state index contributed by atoms with van der Waals surface area (Å²) in [5, 5.41) is 20.6. The van der Waals surface area contributed by atoms with E-state index in [0.717, 1.165) is 12.8 Å². The third kappa shape index (κ3) is 8.72. The first-order valence-electron chi connectivity index (χ1n) is 13.6. The molecule has 0 aliphatic carbocycles. The van der Waals surface area contributed by atoms with Crippen molar-refractivity contribution in [1.82, 2.24) is 0 Å². The van der Waals surface area contributed by atoms with Gasteiger partial charge >= 0.3 is 11.9 Å². The second-order valence-electron chi connectivity index (χ2n) is 8.57. The predicted octanol–water partition coefficient (Wildman–Crippen LogP) is 5.17. The van der Waals surface area contributed by atoms with E-state index in [0.29, 0.717) is 26.1 Å². The molecule has 1 aromatic rings. The Morgan fingerprint density at radius 1 is 0.632 bits per heavy atom. The van der Waals surface area contributed by atoms with Crippen LogP contribution in [0.4, 0.5) is 0 Å². The number of rotatable bonds is 22. The number of carboxylic acid groups (broad SMARTS) is 2. The van der Waals surface area contributed by atoms with Crippen molar-refractivity contribution in [3.05, 3.63) is 34.4 Å². The van der Waals surface area contributed by atoms with Crippen LogP contribution in [0.15, 0.2) is 12.1 Å². The molecular formula is C28H46O10. The first-order chi connectivity index (χ1) is 18.2. The highest BCUT2D eigenvalue weighted by molar-refractivity contribution is 5.95. The summed E-state index contributed by atoms with van der Waals surface area (Å²) in [6.07, 6.45) is 2.97.